The molecule has 0 radical (unpaired) electrons. The van der Waals surface area contributed by atoms with Crippen molar-refractivity contribution in [1.82, 2.24) is 0 Å². The van der Waals surface area contributed by atoms with Crippen LogP contribution in [-0.4, -0.2) is 17.4 Å². The minimum atomic E-state index is -0.536. The molecule has 0 unspecified atom stereocenters. The van der Waals surface area contributed by atoms with Gasteiger partial charge in [-0.1, -0.05) is 84.4 Å². The first-order valence-corrected chi connectivity index (χ1v) is 12.9. The van der Waals surface area contributed by atoms with Crippen LogP contribution in [0.4, 0.5) is 11.4 Å². The van der Waals surface area contributed by atoms with Crippen LogP contribution >= 0.6 is 11.6 Å². The Morgan fingerprint density at radius 1 is 0.757 bits per heavy atom. The number of aliphatic imine (C=N–C) groups is 1. The number of carbonyl (C=O) groups is 2. The fraction of sp³-hybridized carbons (Fsp3) is 0.156. The number of nitrogens with zero attached hydrogens (tertiary/aromatic N) is 2. The minimum Gasteiger partial charge on any atom is -0.299 e. The largest absolute Gasteiger partial charge is 0.299 e. The van der Waals surface area contributed by atoms with Crippen LogP contribution in [-0.2, 0) is 4.79 Å². The van der Waals surface area contributed by atoms with Gasteiger partial charge in [0.2, 0.25) is 0 Å². The Morgan fingerprint density at radius 3 is 2.14 bits per heavy atom. The standard InChI is InChI=1S/C32H25ClN2O2/c33-25-17-15-21(16-18-25)24-19-27-30(29(36)20-24)31(22-9-3-1-4-10-22)35(28-14-8-7-13-26(28)34-27)32(37)23-11-5-2-6-12-23/h1-18,24,30-31H,19-20H2/t24-,30-,31-/m0/s1. The molecule has 1 amide bonds. The summed E-state index contributed by atoms with van der Waals surface area (Å²) in [6.07, 6.45) is 1.03. The zero-order chi connectivity index (χ0) is 25.4. The number of halogens is 1. The lowest BCUT2D eigenvalue weighted by atomic mass is 9.72. The zero-order valence-corrected chi connectivity index (χ0v) is 20.9. The Hall–Kier alpha value is -4.02. The van der Waals surface area contributed by atoms with E-state index >= 15 is 0 Å². The van der Waals surface area contributed by atoms with Gasteiger partial charge in [0, 0.05) is 22.7 Å². The Balaban J connectivity index is 1.52. The van der Waals surface area contributed by atoms with Gasteiger partial charge in [0.15, 0.2) is 0 Å². The molecule has 4 aromatic carbocycles. The summed E-state index contributed by atoms with van der Waals surface area (Å²) in [5.74, 6) is -0.575. The molecule has 1 aliphatic heterocycles. The highest BCUT2D eigenvalue weighted by Gasteiger charge is 2.46. The molecule has 37 heavy (non-hydrogen) atoms. The molecule has 182 valence electrons. The maximum Gasteiger partial charge on any atom is 0.258 e. The van der Waals surface area contributed by atoms with Crippen molar-refractivity contribution in [1.29, 1.82) is 0 Å². The van der Waals surface area contributed by atoms with Crippen LogP contribution in [0.15, 0.2) is 114 Å². The average molecular weight is 505 g/mol. The third-order valence-electron chi connectivity index (χ3n) is 7.33. The van der Waals surface area contributed by atoms with E-state index in [0.717, 1.165) is 16.8 Å². The summed E-state index contributed by atoms with van der Waals surface area (Å²) in [6, 6.07) is 34.0. The molecule has 6 rings (SSSR count). The van der Waals surface area contributed by atoms with Gasteiger partial charge >= 0.3 is 0 Å². The van der Waals surface area contributed by atoms with Crippen molar-refractivity contribution in [3.05, 3.63) is 131 Å². The van der Waals surface area contributed by atoms with Crippen LogP contribution in [0.5, 0.6) is 0 Å². The summed E-state index contributed by atoms with van der Waals surface area (Å²) >= 11 is 6.12. The number of carbonyl (C=O) groups excluding carboxylic acids is 2. The van der Waals surface area contributed by atoms with E-state index in [9.17, 15) is 9.59 Å². The first-order valence-electron chi connectivity index (χ1n) is 12.5. The van der Waals surface area contributed by atoms with Crippen molar-refractivity contribution in [3.63, 3.8) is 0 Å². The predicted octanol–water partition coefficient (Wildman–Crippen LogP) is 7.58. The predicted molar refractivity (Wildman–Crippen MR) is 148 cm³/mol. The third-order valence-corrected chi connectivity index (χ3v) is 7.58. The van der Waals surface area contributed by atoms with Gasteiger partial charge < -0.3 is 0 Å². The van der Waals surface area contributed by atoms with Crippen molar-refractivity contribution in [2.24, 2.45) is 10.9 Å². The SMILES string of the molecule is O=C1C[C@@H](c2ccc(Cl)cc2)CC2=Nc3ccccc3N(C(=O)c3ccccc3)[C@@H](c3ccccc3)[C@H]12. The van der Waals surface area contributed by atoms with E-state index in [2.05, 4.69) is 0 Å². The van der Waals surface area contributed by atoms with E-state index in [1.54, 1.807) is 4.90 Å². The Morgan fingerprint density at radius 2 is 1.41 bits per heavy atom. The normalized spacial score (nSPS) is 20.9. The smallest absolute Gasteiger partial charge is 0.258 e. The van der Waals surface area contributed by atoms with Crippen LogP contribution < -0.4 is 4.90 Å². The van der Waals surface area contributed by atoms with Gasteiger partial charge in [0.1, 0.15) is 5.78 Å². The fourth-order valence-electron chi connectivity index (χ4n) is 5.61. The number of ketones is 1. The second kappa shape index (κ2) is 9.79. The van der Waals surface area contributed by atoms with Crippen molar-refractivity contribution in [3.8, 4) is 0 Å². The van der Waals surface area contributed by atoms with Crippen molar-refractivity contribution in [2.45, 2.75) is 24.8 Å². The van der Waals surface area contributed by atoms with Gasteiger partial charge in [0.25, 0.3) is 5.91 Å². The summed E-state index contributed by atoms with van der Waals surface area (Å²) in [6.45, 7) is 0. The van der Waals surface area contributed by atoms with E-state index in [1.807, 2.05) is 109 Å². The first-order chi connectivity index (χ1) is 18.1. The van der Waals surface area contributed by atoms with Crippen LogP contribution in [0.3, 0.4) is 0 Å². The lowest BCUT2D eigenvalue weighted by Gasteiger charge is -2.39. The van der Waals surface area contributed by atoms with Crippen LogP contribution in [0.25, 0.3) is 0 Å². The lowest BCUT2D eigenvalue weighted by molar-refractivity contribution is -0.122. The number of rotatable bonds is 3. The third kappa shape index (κ3) is 4.38. The second-order valence-corrected chi connectivity index (χ2v) is 10.0. The van der Waals surface area contributed by atoms with E-state index in [0.29, 0.717) is 34.8 Å². The Labute approximate surface area is 221 Å². The molecule has 0 bridgehead atoms. The molecular formula is C32H25ClN2O2. The number of Topliss-reactive ketones (excluding diaryl/α,β-unsaturated/α-hetero) is 1. The number of para-hydroxylation sites is 2. The summed E-state index contributed by atoms with van der Waals surface area (Å²) in [7, 11) is 0. The molecule has 1 heterocycles. The molecule has 0 N–H and O–H groups in total. The van der Waals surface area contributed by atoms with E-state index in [-0.39, 0.29) is 17.6 Å². The highest BCUT2D eigenvalue weighted by atomic mass is 35.5. The first kappa shape index (κ1) is 23.4. The van der Waals surface area contributed by atoms with Gasteiger partial charge in [-0.05, 0) is 59.9 Å². The molecule has 5 heteroatoms. The van der Waals surface area contributed by atoms with Gasteiger partial charge in [0.05, 0.1) is 23.3 Å². The zero-order valence-electron chi connectivity index (χ0n) is 20.1. The van der Waals surface area contributed by atoms with Crippen LogP contribution in [0.1, 0.15) is 46.3 Å². The minimum absolute atomic E-state index is 0.0136. The van der Waals surface area contributed by atoms with Gasteiger partial charge in [-0.25, -0.2) is 0 Å². The molecule has 1 saturated carbocycles. The maximum absolute atomic E-state index is 14.1. The number of amides is 1. The number of hydrogen-bond donors (Lipinski definition) is 0. The highest BCUT2D eigenvalue weighted by molar-refractivity contribution is 6.30. The van der Waals surface area contributed by atoms with Gasteiger partial charge in [-0.2, -0.15) is 0 Å². The summed E-state index contributed by atoms with van der Waals surface area (Å²) in [4.78, 5) is 35.1. The van der Waals surface area contributed by atoms with Crippen molar-refractivity contribution in [2.75, 3.05) is 4.90 Å². The van der Waals surface area contributed by atoms with Crippen molar-refractivity contribution < 1.29 is 9.59 Å². The quantitative estimate of drug-likeness (QED) is 0.289. The molecule has 0 saturated heterocycles. The number of benzene rings is 4. The second-order valence-electron chi connectivity index (χ2n) is 9.59. The molecule has 4 nitrogen and oxygen atoms in total. The fourth-order valence-corrected chi connectivity index (χ4v) is 5.74. The molecule has 2 aliphatic rings. The Bertz CT molecular complexity index is 1480. The van der Waals surface area contributed by atoms with E-state index < -0.39 is 12.0 Å². The number of anilines is 1. The summed E-state index contributed by atoms with van der Waals surface area (Å²) in [5, 5.41) is 0.670. The topological polar surface area (TPSA) is 49.7 Å². The van der Waals surface area contributed by atoms with Crippen LogP contribution in [0, 0.1) is 5.92 Å². The molecule has 0 spiro atoms. The molecule has 4 aromatic rings. The molecular weight excluding hydrogens is 480 g/mol. The van der Waals surface area contributed by atoms with E-state index in [4.69, 9.17) is 16.6 Å². The monoisotopic (exact) mass is 504 g/mol. The van der Waals surface area contributed by atoms with Crippen molar-refractivity contribution >= 4 is 40.4 Å². The average Bonchev–Trinajstić information content (AvgIpc) is 3.08. The lowest BCUT2D eigenvalue weighted by Crippen LogP contribution is -2.45. The highest BCUT2D eigenvalue weighted by Crippen LogP contribution is 2.47. The summed E-state index contributed by atoms with van der Waals surface area (Å²) in [5.41, 5.74) is 4.80. The molecule has 0 aromatic heterocycles. The van der Waals surface area contributed by atoms with E-state index in [1.165, 1.54) is 0 Å². The number of hydrogen-bond acceptors (Lipinski definition) is 3. The van der Waals surface area contributed by atoms with Gasteiger partial charge in [-0.3, -0.25) is 19.5 Å². The molecule has 3 atom stereocenters. The maximum atomic E-state index is 14.1. The Kier molecular flexibility index (Phi) is 6.19. The molecule has 1 fully saturated rings. The molecule has 1 aliphatic carbocycles. The number of fused-ring (bicyclic) bond motifs is 2. The van der Waals surface area contributed by atoms with Crippen LogP contribution in [0.2, 0.25) is 5.02 Å². The summed E-state index contributed by atoms with van der Waals surface area (Å²) < 4.78 is 0. The van der Waals surface area contributed by atoms with Gasteiger partial charge in [-0.15, -0.1) is 0 Å².